The van der Waals surface area contributed by atoms with E-state index in [0.29, 0.717) is 17.5 Å². The quantitative estimate of drug-likeness (QED) is 0.0169. The van der Waals surface area contributed by atoms with Gasteiger partial charge in [-0.3, -0.25) is 10.1 Å². The maximum absolute atomic E-state index is 13.7. The highest BCUT2D eigenvalue weighted by Crippen LogP contribution is 2.34. The maximum atomic E-state index is 13.7. The number of hydrogen-bond acceptors (Lipinski definition) is 11. The van der Waals surface area contributed by atoms with Gasteiger partial charge in [-0.1, -0.05) is 131 Å². The van der Waals surface area contributed by atoms with Crippen molar-refractivity contribution in [2.75, 3.05) is 50.7 Å². The van der Waals surface area contributed by atoms with Crippen LogP contribution in [0.15, 0.2) is 122 Å². The summed E-state index contributed by atoms with van der Waals surface area (Å²) >= 11 is 0. The first-order chi connectivity index (χ1) is 36.4. The Bertz CT molecular complexity index is 2380. The number of amides is 4. The summed E-state index contributed by atoms with van der Waals surface area (Å²) in [5, 5.41) is 10.3. The van der Waals surface area contributed by atoms with Crippen LogP contribution in [-0.4, -0.2) is 88.8 Å². The Morgan fingerprint density at radius 3 is 1.96 bits per heavy atom. The van der Waals surface area contributed by atoms with Gasteiger partial charge in [-0.25, -0.2) is 9.59 Å². The standard InChI is InChI=1S/C55H68F6N4O11/c1-5-6-7-8-9-10-11-18-29-48(66)65-45(46(35-72-50(69-4)39-21-14-12-15-22-39)70-31-30-62-52(67)63-43-27-19-25-41(32-43)54(56,57)58)34-71-38(3)75-47-36-73-51(40-23-16-13-17-24-40)76-49(47)37(2)74-53(68)64-44-28-20-26-42(33-44)55(59,60)61/h12-17,19-28,32-33,38,45-47,49-51H,2,5-11,18,29-31,34-36H2,1,3-4H3,(H,64,68)(H,65,66)(H2,62,63,67)/t38-,45+,46?,47?,49+,50?,51?/m0/s1. The van der Waals surface area contributed by atoms with Crippen LogP contribution in [0.4, 0.5) is 47.3 Å². The molecule has 1 aliphatic rings. The maximum Gasteiger partial charge on any atom is 0.416 e. The van der Waals surface area contributed by atoms with Crippen molar-refractivity contribution in [1.82, 2.24) is 10.6 Å². The molecular weight excluding hydrogens is 1010 g/mol. The Balaban J connectivity index is 1.31. The molecule has 4 N–H and O–H groups in total. The van der Waals surface area contributed by atoms with E-state index in [-0.39, 0.29) is 62.4 Å². The normalized spacial score (nSPS) is 17.4. The van der Waals surface area contributed by atoms with E-state index in [1.807, 2.05) is 18.2 Å². The molecule has 1 saturated heterocycles. The van der Waals surface area contributed by atoms with Crippen LogP contribution in [0.25, 0.3) is 0 Å². The van der Waals surface area contributed by atoms with Crippen LogP contribution in [0.2, 0.25) is 0 Å². The Labute approximate surface area is 439 Å². The Morgan fingerprint density at radius 2 is 1.34 bits per heavy atom. The van der Waals surface area contributed by atoms with Crippen molar-refractivity contribution in [2.45, 2.75) is 127 Å². The number of carbonyl (C=O) groups is 3. The highest BCUT2D eigenvalue weighted by Gasteiger charge is 2.39. The molecule has 4 aromatic rings. The van der Waals surface area contributed by atoms with Crippen LogP contribution in [-0.2, 0) is 55.0 Å². The lowest BCUT2D eigenvalue weighted by Gasteiger charge is -2.38. The van der Waals surface area contributed by atoms with Crippen molar-refractivity contribution in [2.24, 2.45) is 0 Å². The number of unbranched alkanes of at least 4 members (excludes halogenated alkanes) is 7. The molecule has 21 heteroatoms. The number of rotatable bonds is 30. The summed E-state index contributed by atoms with van der Waals surface area (Å²) in [6, 6.07) is 24.4. The fraction of sp³-hybridized carbons (Fsp3) is 0.473. The number of methoxy groups -OCH3 is 1. The van der Waals surface area contributed by atoms with E-state index in [0.717, 1.165) is 68.9 Å². The SMILES string of the molecule is C=C(OC(=O)Nc1cccc(C(F)(F)F)c1)[C@H]1OC(c2ccccc2)OCC1O[C@@H](C)OC[C@@H](NC(=O)CCCCCCCCCC)C(COC(OC)c1ccccc1)OCCNC(=O)Nc1cccc(C(F)(F)F)c1. The van der Waals surface area contributed by atoms with Gasteiger partial charge in [0.1, 0.15) is 24.1 Å². The van der Waals surface area contributed by atoms with Crippen LogP contribution in [0.5, 0.6) is 0 Å². The van der Waals surface area contributed by atoms with Gasteiger partial charge in [0.05, 0.1) is 43.6 Å². The summed E-state index contributed by atoms with van der Waals surface area (Å²) in [5.74, 6) is -0.560. The molecule has 7 atom stereocenters. The van der Waals surface area contributed by atoms with Crippen molar-refractivity contribution >= 4 is 29.4 Å². The average Bonchev–Trinajstić information content (AvgIpc) is 3.40. The number of carbonyl (C=O) groups excluding carboxylic acids is 3. The number of anilines is 2. The highest BCUT2D eigenvalue weighted by atomic mass is 19.4. The molecule has 416 valence electrons. The predicted octanol–water partition coefficient (Wildman–Crippen LogP) is 12.2. The van der Waals surface area contributed by atoms with Gasteiger partial charge in [0, 0.05) is 42.6 Å². The molecule has 0 spiro atoms. The minimum atomic E-state index is -4.66. The highest BCUT2D eigenvalue weighted by molar-refractivity contribution is 5.89. The van der Waals surface area contributed by atoms with Gasteiger partial charge in [0.15, 0.2) is 18.9 Å². The zero-order valence-electron chi connectivity index (χ0n) is 42.8. The summed E-state index contributed by atoms with van der Waals surface area (Å²) in [7, 11) is 1.46. The second-order valence-corrected chi connectivity index (χ2v) is 17.8. The lowest BCUT2D eigenvalue weighted by molar-refractivity contribution is -0.289. The minimum absolute atomic E-state index is 0.0798. The third-order valence-corrected chi connectivity index (χ3v) is 11.9. The molecule has 1 aliphatic heterocycles. The molecule has 0 saturated carbocycles. The van der Waals surface area contributed by atoms with E-state index in [1.54, 1.807) is 49.4 Å². The molecule has 76 heavy (non-hydrogen) atoms. The number of benzene rings is 4. The van der Waals surface area contributed by atoms with Gasteiger partial charge in [-0.05, 0) is 49.7 Å². The zero-order valence-corrected chi connectivity index (χ0v) is 42.8. The molecule has 0 radical (unpaired) electrons. The van der Waals surface area contributed by atoms with Gasteiger partial charge in [-0.15, -0.1) is 0 Å². The second kappa shape index (κ2) is 31.2. The average molecular weight is 1080 g/mol. The lowest BCUT2D eigenvalue weighted by atomic mass is 10.1. The Kier molecular flexibility index (Phi) is 25.0. The van der Waals surface area contributed by atoms with Crippen LogP contribution >= 0.6 is 0 Å². The molecule has 0 aromatic heterocycles. The Hall–Kier alpha value is -6.07. The number of nitrogens with one attached hydrogen (secondary N) is 4. The summed E-state index contributed by atoms with van der Waals surface area (Å²) in [6.07, 6.45) is -8.28. The largest absolute Gasteiger partial charge is 0.416 e. The van der Waals surface area contributed by atoms with Gasteiger partial charge in [0.2, 0.25) is 5.91 Å². The fourth-order valence-corrected chi connectivity index (χ4v) is 7.96. The van der Waals surface area contributed by atoms with Crippen LogP contribution < -0.4 is 21.3 Å². The van der Waals surface area contributed by atoms with E-state index in [2.05, 4.69) is 34.8 Å². The zero-order chi connectivity index (χ0) is 54.9. The summed E-state index contributed by atoms with van der Waals surface area (Å²) in [6.45, 7) is 6.79. The summed E-state index contributed by atoms with van der Waals surface area (Å²) in [4.78, 5) is 39.6. The van der Waals surface area contributed by atoms with Gasteiger partial charge in [0.25, 0.3) is 0 Å². The first-order valence-electron chi connectivity index (χ1n) is 25.2. The molecule has 4 unspecified atom stereocenters. The first kappa shape index (κ1) is 60.8. The molecular formula is C55H68F6N4O11. The minimum Gasteiger partial charge on any atom is -0.412 e. The first-order valence-corrected chi connectivity index (χ1v) is 25.2. The number of halogens is 6. The Morgan fingerprint density at radius 1 is 0.737 bits per heavy atom. The van der Waals surface area contributed by atoms with Gasteiger partial charge < -0.3 is 53.8 Å². The molecule has 5 rings (SSSR count). The van der Waals surface area contributed by atoms with Gasteiger partial charge in [-0.2, -0.15) is 26.3 Å². The molecule has 1 fully saturated rings. The van der Waals surface area contributed by atoms with E-state index >= 15 is 0 Å². The molecule has 1 heterocycles. The number of hydrogen-bond donors (Lipinski definition) is 4. The topological polar surface area (TPSA) is 173 Å². The molecule has 15 nitrogen and oxygen atoms in total. The smallest absolute Gasteiger partial charge is 0.412 e. The van der Waals surface area contributed by atoms with Crippen molar-refractivity contribution in [3.05, 3.63) is 144 Å². The van der Waals surface area contributed by atoms with Crippen molar-refractivity contribution in [1.29, 1.82) is 0 Å². The van der Waals surface area contributed by atoms with Crippen LogP contribution in [0, 0.1) is 0 Å². The van der Waals surface area contributed by atoms with E-state index < -0.39 is 78.8 Å². The van der Waals surface area contributed by atoms with Crippen molar-refractivity contribution in [3.63, 3.8) is 0 Å². The third-order valence-electron chi connectivity index (χ3n) is 11.9. The molecule has 4 aromatic carbocycles. The molecule has 4 amide bonds. The summed E-state index contributed by atoms with van der Waals surface area (Å²) < 4.78 is 129. The molecule has 0 aliphatic carbocycles. The van der Waals surface area contributed by atoms with Crippen molar-refractivity contribution in [3.8, 4) is 0 Å². The van der Waals surface area contributed by atoms with E-state index in [9.17, 15) is 40.7 Å². The number of urea groups is 1. The van der Waals surface area contributed by atoms with Crippen LogP contribution in [0.1, 0.15) is 106 Å². The van der Waals surface area contributed by atoms with Crippen LogP contribution in [0.3, 0.4) is 0 Å². The molecule has 0 bridgehead atoms. The number of ether oxygens (including phenoxy) is 8. The van der Waals surface area contributed by atoms with Gasteiger partial charge >= 0.3 is 24.5 Å². The second-order valence-electron chi connectivity index (χ2n) is 17.8. The lowest BCUT2D eigenvalue weighted by Crippen LogP contribution is -2.51. The van der Waals surface area contributed by atoms with E-state index in [4.69, 9.17) is 37.9 Å². The third kappa shape index (κ3) is 21.2. The number of alkyl halides is 6. The van der Waals surface area contributed by atoms with Crippen molar-refractivity contribution < 1.29 is 78.6 Å². The predicted molar refractivity (Wildman–Crippen MR) is 270 cm³/mol. The van der Waals surface area contributed by atoms with E-state index in [1.165, 1.54) is 31.7 Å². The fourth-order valence-electron chi connectivity index (χ4n) is 7.96. The monoisotopic (exact) mass is 1070 g/mol. The summed E-state index contributed by atoms with van der Waals surface area (Å²) in [5.41, 5.74) is -0.879.